The lowest BCUT2D eigenvalue weighted by atomic mass is 10.1. The summed E-state index contributed by atoms with van der Waals surface area (Å²) < 4.78 is 1.52. The van der Waals surface area contributed by atoms with E-state index in [-0.39, 0.29) is 11.7 Å². The van der Waals surface area contributed by atoms with Crippen molar-refractivity contribution in [2.75, 3.05) is 0 Å². The van der Waals surface area contributed by atoms with Gasteiger partial charge >= 0.3 is 0 Å². The number of rotatable bonds is 3. The molecule has 0 amide bonds. The SMILES string of the molecule is CC(N)C(=O)c1cnc2nc(C(C)C)nn2c1. The van der Waals surface area contributed by atoms with Gasteiger partial charge in [0.2, 0.25) is 0 Å². The fourth-order valence-electron chi connectivity index (χ4n) is 1.43. The van der Waals surface area contributed by atoms with E-state index < -0.39 is 6.04 Å². The molecule has 17 heavy (non-hydrogen) atoms. The third-order valence-corrected chi connectivity index (χ3v) is 2.42. The van der Waals surface area contributed by atoms with Crippen LogP contribution >= 0.6 is 0 Å². The van der Waals surface area contributed by atoms with Gasteiger partial charge in [-0.25, -0.2) is 9.50 Å². The quantitative estimate of drug-likeness (QED) is 0.791. The molecule has 0 radical (unpaired) electrons. The lowest BCUT2D eigenvalue weighted by molar-refractivity contribution is 0.0967. The first-order valence-electron chi connectivity index (χ1n) is 5.51. The van der Waals surface area contributed by atoms with Crippen LogP contribution < -0.4 is 5.73 Å². The Morgan fingerprint density at radius 3 is 2.71 bits per heavy atom. The van der Waals surface area contributed by atoms with Gasteiger partial charge in [-0.15, -0.1) is 5.10 Å². The Bertz CT molecular complexity index is 558. The smallest absolute Gasteiger partial charge is 0.252 e. The minimum absolute atomic E-state index is 0.152. The van der Waals surface area contributed by atoms with Gasteiger partial charge in [-0.05, 0) is 6.92 Å². The van der Waals surface area contributed by atoms with E-state index in [4.69, 9.17) is 5.73 Å². The van der Waals surface area contributed by atoms with Crippen LogP contribution in [0.2, 0.25) is 0 Å². The summed E-state index contributed by atoms with van der Waals surface area (Å²) in [4.78, 5) is 20.1. The van der Waals surface area contributed by atoms with Crippen LogP contribution in [0.3, 0.4) is 0 Å². The molecule has 0 aromatic carbocycles. The molecule has 6 heteroatoms. The van der Waals surface area contributed by atoms with Crippen molar-refractivity contribution < 1.29 is 4.79 Å². The van der Waals surface area contributed by atoms with Crippen molar-refractivity contribution in [3.63, 3.8) is 0 Å². The molecule has 2 rings (SSSR count). The molecule has 6 nitrogen and oxygen atoms in total. The molecule has 0 aliphatic carbocycles. The van der Waals surface area contributed by atoms with Gasteiger partial charge in [0.05, 0.1) is 11.6 Å². The Morgan fingerprint density at radius 2 is 2.12 bits per heavy atom. The van der Waals surface area contributed by atoms with Gasteiger partial charge < -0.3 is 5.73 Å². The van der Waals surface area contributed by atoms with E-state index in [2.05, 4.69) is 15.1 Å². The molecule has 0 aliphatic rings. The number of Topliss-reactive ketones (excluding diaryl/α,β-unsaturated/α-hetero) is 1. The predicted molar refractivity (Wildman–Crippen MR) is 62.9 cm³/mol. The van der Waals surface area contributed by atoms with E-state index in [1.54, 1.807) is 13.1 Å². The maximum Gasteiger partial charge on any atom is 0.252 e. The van der Waals surface area contributed by atoms with Crippen molar-refractivity contribution >= 4 is 11.6 Å². The molecule has 0 spiro atoms. The monoisotopic (exact) mass is 233 g/mol. The second-order valence-electron chi connectivity index (χ2n) is 4.36. The maximum absolute atomic E-state index is 11.7. The molecule has 2 aromatic rings. The Kier molecular flexibility index (Phi) is 2.89. The molecule has 90 valence electrons. The van der Waals surface area contributed by atoms with E-state index >= 15 is 0 Å². The molecule has 2 heterocycles. The van der Waals surface area contributed by atoms with E-state index in [9.17, 15) is 4.79 Å². The highest BCUT2D eigenvalue weighted by Crippen LogP contribution is 2.10. The third kappa shape index (κ3) is 2.16. The highest BCUT2D eigenvalue weighted by atomic mass is 16.1. The summed E-state index contributed by atoms with van der Waals surface area (Å²) in [5.74, 6) is 1.28. The molecule has 0 saturated heterocycles. The van der Waals surface area contributed by atoms with Crippen LogP contribution in [0.15, 0.2) is 12.4 Å². The molecule has 0 fully saturated rings. The van der Waals surface area contributed by atoms with Crippen LogP contribution in [0, 0.1) is 0 Å². The number of hydrogen-bond acceptors (Lipinski definition) is 5. The van der Waals surface area contributed by atoms with Crippen molar-refractivity contribution in [2.45, 2.75) is 32.7 Å². The summed E-state index contributed by atoms with van der Waals surface area (Å²) >= 11 is 0. The summed E-state index contributed by atoms with van der Waals surface area (Å²) in [5, 5.41) is 4.26. The van der Waals surface area contributed by atoms with E-state index in [0.29, 0.717) is 17.2 Å². The van der Waals surface area contributed by atoms with E-state index in [1.807, 2.05) is 13.8 Å². The fraction of sp³-hybridized carbons (Fsp3) is 0.455. The van der Waals surface area contributed by atoms with E-state index in [0.717, 1.165) is 0 Å². The van der Waals surface area contributed by atoms with Crippen LogP contribution in [0.4, 0.5) is 0 Å². The molecule has 0 aliphatic heterocycles. The highest BCUT2D eigenvalue weighted by Gasteiger charge is 2.14. The number of hydrogen-bond donors (Lipinski definition) is 1. The van der Waals surface area contributed by atoms with Crippen LogP contribution in [0.25, 0.3) is 5.78 Å². The van der Waals surface area contributed by atoms with Gasteiger partial charge in [-0.3, -0.25) is 4.79 Å². The highest BCUT2D eigenvalue weighted by molar-refractivity contribution is 5.99. The van der Waals surface area contributed by atoms with Gasteiger partial charge in [0.25, 0.3) is 5.78 Å². The number of carbonyl (C=O) groups is 1. The zero-order valence-electron chi connectivity index (χ0n) is 10.1. The van der Waals surface area contributed by atoms with Crippen LogP contribution in [0.1, 0.15) is 42.9 Å². The van der Waals surface area contributed by atoms with Gasteiger partial charge in [-0.2, -0.15) is 4.98 Å². The molecular formula is C11H15N5O. The third-order valence-electron chi connectivity index (χ3n) is 2.42. The van der Waals surface area contributed by atoms with Gasteiger partial charge in [0.15, 0.2) is 11.6 Å². The lowest BCUT2D eigenvalue weighted by Crippen LogP contribution is -2.27. The minimum Gasteiger partial charge on any atom is -0.321 e. The summed E-state index contributed by atoms with van der Waals surface area (Å²) in [6.45, 7) is 5.65. The van der Waals surface area contributed by atoms with Crippen LogP contribution in [-0.2, 0) is 0 Å². The Hall–Kier alpha value is -1.82. The van der Waals surface area contributed by atoms with Crippen molar-refractivity contribution in [1.29, 1.82) is 0 Å². The molecule has 1 atom stereocenters. The number of aromatic nitrogens is 4. The normalized spacial score (nSPS) is 13.2. The molecule has 2 N–H and O–H groups in total. The maximum atomic E-state index is 11.7. The lowest BCUT2D eigenvalue weighted by Gasteiger charge is -2.03. The molecule has 0 saturated carbocycles. The standard InChI is InChI=1S/C11H15N5O/c1-6(2)10-14-11-13-4-8(5-16(11)15-10)9(17)7(3)12/h4-7H,12H2,1-3H3. The molecule has 1 unspecified atom stereocenters. The van der Waals surface area contributed by atoms with Gasteiger partial charge in [0, 0.05) is 18.3 Å². The molecular weight excluding hydrogens is 218 g/mol. The number of nitrogens with two attached hydrogens (primary N) is 1. The minimum atomic E-state index is -0.539. The largest absolute Gasteiger partial charge is 0.321 e. The predicted octanol–water partition coefficient (Wildman–Crippen LogP) is 0.778. The van der Waals surface area contributed by atoms with E-state index in [1.165, 1.54) is 10.7 Å². The number of carbonyl (C=O) groups excluding carboxylic acids is 1. The summed E-state index contributed by atoms with van der Waals surface area (Å²) in [6, 6.07) is -0.539. The first-order valence-corrected chi connectivity index (χ1v) is 5.51. The second-order valence-corrected chi connectivity index (χ2v) is 4.36. The Labute approximate surface area is 98.9 Å². The average molecular weight is 233 g/mol. The van der Waals surface area contributed by atoms with Crippen molar-refractivity contribution in [3.8, 4) is 0 Å². The molecule has 0 bridgehead atoms. The van der Waals surface area contributed by atoms with Crippen molar-refractivity contribution in [2.24, 2.45) is 5.73 Å². The first kappa shape index (κ1) is 11.7. The zero-order valence-corrected chi connectivity index (χ0v) is 10.1. The Balaban J connectivity index is 2.47. The Morgan fingerprint density at radius 1 is 1.41 bits per heavy atom. The van der Waals surface area contributed by atoms with Gasteiger partial charge in [0.1, 0.15) is 0 Å². The summed E-state index contributed by atoms with van der Waals surface area (Å²) in [7, 11) is 0. The first-order chi connectivity index (χ1) is 7.99. The molecule has 2 aromatic heterocycles. The number of nitrogens with zero attached hydrogens (tertiary/aromatic N) is 4. The van der Waals surface area contributed by atoms with Crippen LogP contribution in [-0.4, -0.2) is 31.4 Å². The fourth-order valence-corrected chi connectivity index (χ4v) is 1.43. The van der Waals surface area contributed by atoms with Gasteiger partial charge in [-0.1, -0.05) is 13.8 Å². The second kappa shape index (κ2) is 4.21. The topological polar surface area (TPSA) is 86.2 Å². The van der Waals surface area contributed by atoms with Crippen LogP contribution in [0.5, 0.6) is 0 Å². The average Bonchev–Trinajstić information content (AvgIpc) is 2.70. The van der Waals surface area contributed by atoms with Crippen molar-refractivity contribution in [1.82, 2.24) is 19.6 Å². The zero-order chi connectivity index (χ0) is 12.6. The number of ketones is 1. The van der Waals surface area contributed by atoms with Crippen molar-refractivity contribution in [3.05, 3.63) is 23.8 Å². The summed E-state index contributed by atoms with van der Waals surface area (Å²) in [5.41, 5.74) is 5.99. The summed E-state index contributed by atoms with van der Waals surface area (Å²) in [6.07, 6.45) is 3.10. The number of fused-ring (bicyclic) bond motifs is 1.